The molecule has 1 saturated heterocycles. The fourth-order valence-electron chi connectivity index (χ4n) is 2.01. The van der Waals surface area contributed by atoms with Crippen LogP contribution in [0.2, 0.25) is 0 Å². The Labute approximate surface area is 123 Å². The Bertz CT molecular complexity index is 585. The first-order chi connectivity index (χ1) is 9.54. The van der Waals surface area contributed by atoms with Gasteiger partial charge in [-0.3, -0.25) is 4.90 Å². The van der Waals surface area contributed by atoms with Crippen LogP contribution in [0, 0.1) is 11.3 Å². The molecule has 1 N–H and O–H groups in total. The molecule has 0 aliphatic carbocycles. The Kier molecular flexibility index (Phi) is 5.12. The van der Waals surface area contributed by atoms with Crippen LogP contribution >= 0.6 is 11.3 Å². The number of hydrogen-bond acceptors (Lipinski definition) is 6. The van der Waals surface area contributed by atoms with Gasteiger partial charge in [-0.05, 0) is 12.1 Å². The summed E-state index contributed by atoms with van der Waals surface area (Å²) in [5.74, 6) is 0. The van der Waals surface area contributed by atoms with E-state index in [1.54, 1.807) is 13.1 Å². The van der Waals surface area contributed by atoms with Crippen LogP contribution in [0.15, 0.2) is 16.3 Å². The van der Waals surface area contributed by atoms with Crippen LogP contribution in [0.25, 0.3) is 0 Å². The first-order valence-electron chi connectivity index (χ1n) is 6.43. The van der Waals surface area contributed by atoms with Gasteiger partial charge >= 0.3 is 0 Å². The van der Waals surface area contributed by atoms with Crippen molar-refractivity contribution in [2.45, 2.75) is 4.21 Å². The molecule has 0 atom stereocenters. The number of hydrogen-bond donors (Lipinski definition) is 1. The predicted molar refractivity (Wildman–Crippen MR) is 78.2 cm³/mol. The molecule has 110 valence electrons. The maximum atomic E-state index is 12.3. The van der Waals surface area contributed by atoms with E-state index >= 15 is 0 Å². The van der Waals surface area contributed by atoms with Gasteiger partial charge < -0.3 is 5.32 Å². The van der Waals surface area contributed by atoms with Crippen LogP contribution in [0.1, 0.15) is 4.88 Å². The molecule has 1 fully saturated rings. The average molecular weight is 314 g/mol. The number of nitrogens with zero attached hydrogens (tertiary/aromatic N) is 3. The van der Waals surface area contributed by atoms with E-state index in [9.17, 15) is 8.42 Å². The second kappa shape index (κ2) is 6.65. The highest BCUT2D eigenvalue weighted by molar-refractivity contribution is 7.91. The SMILES string of the molecule is CN(CCN1CCNCC1)S(=O)(=O)c1ccc(C#N)s1. The van der Waals surface area contributed by atoms with E-state index in [2.05, 4.69) is 10.2 Å². The molecule has 20 heavy (non-hydrogen) atoms. The van der Waals surface area contributed by atoms with Crippen molar-refractivity contribution in [3.8, 4) is 6.07 Å². The van der Waals surface area contributed by atoms with Gasteiger partial charge in [-0.25, -0.2) is 8.42 Å². The zero-order valence-corrected chi connectivity index (χ0v) is 13.0. The molecular formula is C12H18N4O2S2. The molecule has 6 nitrogen and oxygen atoms in total. The summed E-state index contributed by atoms with van der Waals surface area (Å²) in [7, 11) is -1.88. The topological polar surface area (TPSA) is 76.4 Å². The molecule has 2 rings (SSSR count). The van der Waals surface area contributed by atoms with Gasteiger partial charge in [0.25, 0.3) is 10.0 Å². The van der Waals surface area contributed by atoms with Gasteiger partial charge in [-0.1, -0.05) is 0 Å². The molecular weight excluding hydrogens is 296 g/mol. The zero-order valence-electron chi connectivity index (χ0n) is 11.4. The van der Waals surface area contributed by atoms with E-state index in [1.165, 1.54) is 10.4 Å². The van der Waals surface area contributed by atoms with Crippen LogP contribution in [0.3, 0.4) is 0 Å². The molecule has 2 heterocycles. The van der Waals surface area contributed by atoms with E-state index in [0.717, 1.165) is 44.1 Å². The molecule has 1 aromatic heterocycles. The molecule has 1 aliphatic heterocycles. The summed E-state index contributed by atoms with van der Waals surface area (Å²) in [4.78, 5) is 2.66. The van der Waals surface area contributed by atoms with Crippen LogP contribution in [0.5, 0.6) is 0 Å². The molecule has 1 aromatic rings. The van der Waals surface area contributed by atoms with Crippen molar-refractivity contribution < 1.29 is 8.42 Å². The predicted octanol–water partition coefficient (Wildman–Crippen LogP) is 0.145. The number of rotatable bonds is 5. The highest BCUT2D eigenvalue weighted by Gasteiger charge is 2.23. The van der Waals surface area contributed by atoms with Gasteiger partial charge in [0.05, 0.1) is 0 Å². The van der Waals surface area contributed by atoms with E-state index in [4.69, 9.17) is 5.26 Å². The minimum atomic E-state index is -3.47. The van der Waals surface area contributed by atoms with Crippen molar-refractivity contribution >= 4 is 21.4 Å². The number of sulfonamides is 1. The third-order valence-corrected chi connectivity index (χ3v) is 6.61. The zero-order chi connectivity index (χ0) is 14.6. The van der Waals surface area contributed by atoms with E-state index in [-0.39, 0.29) is 4.21 Å². The first kappa shape index (κ1) is 15.4. The second-order valence-corrected chi connectivity index (χ2v) is 8.00. The minimum absolute atomic E-state index is 0.233. The van der Waals surface area contributed by atoms with Crippen LogP contribution in [-0.2, 0) is 10.0 Å². The van der Waals surface area contributed by atoms with Gasteiger partial charge in [0.1, 0.15) is 15.2 Å². The number of likely N-dealkylation sites (N-methyl/N-ethyl adjacent to an activating group) is 1. The van der Waals surface area contributed by atoms with Crippen LogP contribution in [0.4, 0.5) is 0 Å². The van der Waals surface area contributed by atoms with Crippen molar-refractivity contribution in [1.82, 2.24) is 14.5 Å². The third-order valence-electron chi connectivity index (χ3n) is 3.30. The van der Waals surface area contributed by atoms with Crippen molar-refractivity contribution in [2.24, 2.45) is 0 Å². The fourth-order valence-corrected chi connectivity index (χ4v) is 4.49. The molecule has 0 aromatic carbocycles. The summed E-state index contributed by atoms with van der Waals surface area (Å²) in [5, 5.41) is 12.0. The molecule has 0 bridgehead atoms. The van der Waals surface area contributed by atoms with Crippen molar-refractivity contribution in [1.29, 1.82) is 5.26 Å². The molecule has 1 aliphatic rings. The monoisotopic (exact) mass is 314 g/mol. The summed E-state index contributed by atoms with van der Waals surface area (Å²) in [6, 6.07) is 5.01. The Balaban J connectivity index is 1.96. The first-order valence-corrected chi connectivity index (χ1v) is 8.69. The molecule has 8 heteroatoms. The summed E-state index contributed by atoms with van der Waals surface area (Å²) in [6.07, 6.45) is 0. The lowest BCUT2D eigenvalue weighted by atomic mass is 10.3. The van der Waals surface area contributed by atoms with Gasteiger partial charge in [0.15, 0.2) is 0 Å². The highest BCUT2D eigenvalue weighted by Crippen LogP contribution is 2.23. The fraction of sp³-hybridized carbons (Fsp3) is 0.583. The van der Waals surface area contributed by atoms with Crippen molar-refractivity contribution in [3.63, 3.8) is 0 Å². The molecule has 0 amide bonds. The standard InChI is InChI=1S/C12H18N4O2S2/c1-15(8-9-16-6-4-14-5-7-16)20(17,18)12-3-2-11(10-13)19-12/h2-3,14H,4-9H2,1H3. The second-order valence-electron chi connectivity index (χ2n) is 4.65. The van der Waals surface area contributed by atoms with Crippen molar-refractivity contribution in [2.75, 3.05) is 46.3 Å². The van der Waals surface area contributed by atoms with Crippen LogP contribution < -0.4 is 5.32 Å². The Morgan fingerprint density at radius 3 is 2.75 bits per heavy atom. The number of piperazine rings is 1. The van der Waals surface area contributed by atoms with E-state index in [0.29, 0.717) is 11.4 Å². The lowest BCUT2D eigenvalue weighted by molar-refractivity contribution is 0.229. The lowest BCUT2D eigenvalue weighted by Crippen LogP contribution is -2.46. The summed E-state index contributed by atoms with van der Waals surface area (Å²) in [6.45, 7) is 4.99. The average Bonchev–Trinajstić information content (AvgIpc) is 2.95. The normalized spacial score (nSPS) is 17.2. The quantitative estimate of drug-likeness (QED) is 0.837. The lowest BCUT2D eigenvalue weighted by Gasteiger charge is -2.28. The van der Waals surface area contributed by atoms with Gasteiger partial charge in [-0.15, -0.1) is 11.3 Å². The molecule has 0 spiro atoms. The minimum Gasteiger partial charge on any atom is -0.314 e. The third kappa shape index (κ3) is 3.56. The number of nitrogens with one attached hydrogen (secondary N) is 1. The largest absolute Gasteiger partial charge is 0.314 e. The summed E-state index contributed by atoms with van der Waals surface area (Å²) < 4.78 is 26.3. The van der Waals surface area contributed by atoms with E-state index in [1.807, 2.05) is 6.07 Å². The summed E-state index contributed by atoms with van der Waals surface area (Å²) in [5.41, 5.74) is 0. The Hall–Kier alpha value is -0.980. The van der Waals surface area contributed by atoms with Crippen LogP contribution in [-0.4, -0.2) is 63.9 Å². The molecule has 0 radical (unpaired) electrons. The van der Waals surface area contributed by atoms with Gasteiger partial charge in [0, 0.05) is 46.3 Å². The molecule has 0 saturated carbocycles. The number of nitriles is 1. The van der Waals surface area contributed by atoms with Crippen molar-refractivity contribution in [3.05, 3.63) is 17.0 Å². The summed E-state index contributed by atoms with van der Waals surface area (Å²) >= 11 is 1.02. The maximum absolute atomic E-state index is 12.3. The smallest absolute Gasteiger partial charge is 0.252 e. The molecule has 0 unspecified atom stereocenters. The Morgan fingerprint density at radius 1 is 1.45 bits per heavy atom. The number of thiophene rings is 1. The Morgan fingerprint density at radius 2 is 2.15 bits per heavy atom. The van der Waals surface area contributed by atoms with E-state index < -0.39 is 10.0 Å². The van der Waals surface area contributed by atoms with Gasteiger partial charge in [-0.2, -0.15) is 9.57 Å². The van der Waals surface area contributed by atoms with Gasteiger partial charge in [0.2, 0.25) is 0 Å². The highest BCUT2D eigenvalue weighted by atomic mass is 32.2. The maximum Gasteiger partial charge on any atom is 0.252 e.